The lowest BCUT2D eigenvalue weighted by molar-refractivity contribution is -0.129. The number of ketones is 2. The highest BCUT2D eigenvalue weighted by molar-refractivity contribution is 6.64. The molecule has 0 bridgehead atoms. The van der Waals surface area contributed by atoms with Crippen LogP contribution >= 0.6 is 0 Å². The SMILES string of the molecule is CC(=O)C(=N)C(=O)CC1CC(=O)N1. The summed E-state index contributed by atoms with van der Waals surface area (Å²) in [6.45, 7) is 1.18. The topological polar surface area (TPSA) is 87.1 Å². The maximum Gasteiger partial charge on any atom is 0.222 e. The standard InChI is InChI=1S/C8H10N2O3/c1-4(11)8(9)6(12)2-5-3-7(13)10-5/h5,9H,2-3H2,1H3,(H,10,13). The molecule has 1 amide bonds. The van der Waals surface area contributed by atoms with Crippen LogP contribution in [0.2, 0.25) is 0 Å². The average Bonchev–Trinajstić information content (AvgIpc) is 2.00. The second-order valence-corrected chi connectivity index (χ2v) is 3.03. The number of carbonyl (C=O) groups is 3. The first kappa shape index (κ1) is 9.57. The highest BCUT2D eigenvalue weighted by Crippen LogP contribution is 2.08. The zero-order valence-corrected chi connectivity index (χ0v) is 7.22. The largest absolute Gasteiger partial charge is 0.352 e. The first-order valence-corrected chi connectivity index (χ1v) is 3.92. The van der Waals surface area contributed by atoms with Crippen molar-refractivity contribution in [2.24, 2.45) is 0 Å². The van der Waals surface area contributed by atoms with E-state index in [9.17, 15) is 14.4 Å². The Labute approximate surface area is 75.0 Å². The molecule has 70 valence electrons. The van der Waals surface area contributed by atoms with E-state index >= 15 is 0 Å². The second-order valence-electron chi connectivity index (χ2n) is 3.03. The van der Waals surface area contributed by atoms with E-state index in [4.69, 9.17) is 5.41 Å². The lowest BCUT2D eigenvalue weighted by Gasteiger charge is -2.25. The number of hydrogen-bond acceptors (Lipinski definition) is 4. The zero-order chi connectivity index (χ0) is 10.0. The van der Waals surface area contributed by atoms with E-state index in [0.29, 0.717) is 6.42 Å². The Morgan fingerprint density at radius 1 is 1.62 bits per heavy atom. The number of Topliss-reactive ketones (excluding diaryl/α,β-unsaturated/α-hetero) is 2. The molecule has 5 nitrogen and oxygen atoms in total. The zero-order valence-electron chi connectivity index (χ0n) is 7.22. The molecular weight excluding hydrogens is 172 g/mol. The first-order chi connectivity index (χ1) is 6.00. The van der Waals surface area contributed by atoms with E-state index < -0.39 is 17.3 Å². The molecule has 1 atom stereocenters. The fourth-order valence-corrected chi connectivity index (χ4v) is 1.08. The Morgan fingerprint density at radius 2 is 2.15 bits per heavy atom. The minimum absolute atomic E-state index is 0.0597. The Balaban J connectivity index is 2.38. The van der Waals surface area contributed by atoms with E-state index in [1.54, 1.807) is 0 Å². The normalized spacial score (nSPS) is 20.1. The summed E-state index contributed by atoms with van der Waals surface area (Å²) >= 11 is 0. The van der Waals surface area contributed by atoms with Crippen molar-refractivity contribution in [3.63, 3.8) is 0 Å². The van der Waals surface area contributed by atoms with Gasteiger partial charge in [0.15, 0.2) is 11.6 Å². The van der Waals surface area contributed by atoms with Gasteiger partial charge in [0.2, 0.25) is 5.91 Å². The average molecular weight is 182 g/mol. The smallest absolute Gasteiger partial charge is 0.222 e. The first-order valence-electron chi connectivity index (χ1n) is 3.92. The summed E-state index contributed by atoms with van der Waals surface area (Å²) in [5.41, 5.74) is -0.485. The van der Waals surface area contributed by atoms with Crippen molar-refractivity contribution in [2.75, 3.05) is 0 Å². The molecule has 0 aromatic rings. The summed E-state index contributed by atoms with van der Waals surface area (Å²) in [5.74, 6) is -1.12. The van der Waals surface area contributed by atoms with E-state index in [-0.39, 0.29) is 18.4 Å². The van der Waals surface area contributed by atoms with Gasteiger partial charge in [0.25, 0.3) is 0 Å². The van der Waals surface area contributed by atoms with Crippen LogP contribution in [-0.4, -0.2) is 29.2 Å². The highest BCUT2D eigenvalue weighted by Gasteiger charge is 2.29. The number of β-lactam (4-membered cyclic amide) rings is 1. The van der Waals surface area contributed by atoms with Crippen LogP contribution in [0.4, 0.5) is 0 Å². The van der Waals surface area contributed by atoms with Crippen LogP contribution in [0.25, 0.3) is 0 Å². The molecule has 0 aromatic heterocycles. The van der Waals surface area contributed by atoms with E-state index in [1.165, 1.54) is 6.92 Å². The van der Waals surface area contributed by atoms with Crippen LogP contribution < -0.4 is 5.32 Å². The molecule has 13 heavy (non-hydrogen) atoms. The maximum atomic E-state index is 11.1. The fourth-order valence-electron chi connectivity index (χ4n) is 1.08. The molecule has 1 unspecified atom stereocenters. The van der Waals surface area contributed by atoms with Crippen molar-refractivity contribution in [1.29, 1.82) is 5.41 Å². The summed E-state index contributed by atoms with van der Waals surface area (Å²) in [6, 6.07) is -0.181. The number of nitrogens with one attached hydrogen (secondary N) is 2. The summed E-state index contributed by atoms with van der Waals surface area (Å²) in [4.78, 5) is 32.2. The van der Waals surface area contributed by atoms with Crippen LogP contribution in [-0.2, 0) is 14.4 Å². The van der Waals surface area contributed by atoms with Crippen LogP contribution in [0.3, 0.4) is 0 Å². The monoisotopic (exact) mass is 182 g/mol. The summed E-state index contributed by atoms with van der Waals surface area (Å²) < 4.78 is 0. The second kappa shape index (κ2) is 3.47. The minimum Gasteiger partial charge on any atom is -0.352 e. The molecule has 1 heterocycles. The third-order valence-electron chi connectivity index (χ3n) is 1.86. The van der Waals surface area contributed by atoms with Gasteiger partial charge >= 0.3 is 0 Å². The van der Waals surface area contributed by atoms with Crippen molar-refractivity contribution in [3.8, 4) is 0 Å². The van der Waals surface area contributed by atoms with Crippen molar-refractivity contribution < 1.29 is 14.4 Å². The molecule has 2 N–H and O–H groups in total. The molecule has 0 saturated carbocycles. The van der Waals surface area contributed by atoms with Gasteiger partial charge < -0.3 is 5.32 Å². The predicted octanol–water partition coefficient (Wildman–Crippen LogP) is -0.557. The Bertz CT molecular complexity index is 288. The molecule has 0 spiro atoms. The van der Waals surface area contributed by atoms with Gasteiger partial charge in [-0.3, -0.25) is 19.8 Å². The number of hydrogen-bond donors (Lipinski definition) is 2. The van der Waals surface area contributed by atoms with Crippen LogP contribution in [0.15, 0.2) is 0 Å². The van der Waals surface area contributed by atoms with Crippen molar-refractivity contribution >= 4 is 23.2 Å². The van der Waals surface area contributed by atoms with Crippen LogP contribution in [0.5, 0.6) is 0 Å². The molecule has 1 saturated heterocycles. The van der Waals surface area contributed by atoms with E-state index in [2.05, 4.69) is 5.32 Å². The predicted molar refractivity (Wildman–Crippen MR) is 44.6 cm³/mol. The Hall–Kier alpha value is -1.52. The lowest BCUT2D eigenvalue weighted by Crippen LogP contribution is -2.50. The van der Waals surface area contributed by atoms with Crippen molar-refractivity contribution in [1.82, 2.24) is 5.32 Å². The van der Waals surface area contributed by atoms with Crippen LogP contribution in [0.1, 0.15) is 19.8 Å². The summed E-state index contributed by atoms with van der Waals surface area (Å²) in [6.07, 6.45) is 0.376. The minimum atomic E-state index is -0.532. The van der Waals surface area contributed by atoms with E-state index in [0.717, 1.165) is 0 Å². The maximum absolute atomic E-state index is 11.1. The summed E-state index contributed by atoms with van der Waals surface area (Å²) in [7, 11) is 0. The fraction of sp³-hybridized carbons (Fsp3) is 0.500. The molecule has 0 aromatic carbocycles. The highest BCUT2D eigenvalue weighted by atomic mass is 16.2. The molecule has 1 aliphatic heterocycles. The van der Waals surface area contributed by atoms with Crippen LogP contribution in [0, 0.1) is 5.41 Å². The van der Waals surface area contributed by atoms with Gasteiger partial charge in [-0.15, -0.1) is 0 Å². The Kier molecular flexibility index (Phi) is 2.55. The van der Waals surface area contributed by atoms with Gasteiger partial charge in [-0.25, -0.2) is 0 Å². The van der Waals surface area contributed by atoms with Crippen molar-refractivity contribution in [3.05, 3.63) is 0 Å². The number of rotatable bonds is 4. The third-order valence-corrected chi connectivity index (χ3v) is 1.86. The third kappa shape index (κ3) is 2.21. The molecule has 1 fully saturated rings. The van der Waals surface area contributed by atoms with Gasteiger partial charge in [-0.2, -0.15) is 0 Å². The quantitative estimate of drug-likeness (QED) is 0.347. The molecule has 0 radical (unpaired) electrons. The molecule has 1 aliphatic rings. The van der Waals surface area contributed by atoms with Gasteiger partial charge in [0.1, 0.15) is 5.71 Å². The molecule has 5 heteroatoms. The number of carbonyl (C=O) groups excluding carboxylic acids is 3. The van der Waals surface area contributed by atoms with Gasteiger partial charge in [-0.1, -0.05) is 0 Å². The lowest BCUT2D eigenvalue weighted by atomic mass is 9.97. The number of amides is 1. The van der Waals surface area contributed by atoms with Crippen molar-refractivity contribution in [2.45, 2.75) is 25.8 Å². The summed E-state index contributed by atoms with van der Waals surface area (Å²) in [5, 5.41) is 9.58. The molecular formula is C8H10N2O3. The Morgan fingerprint density at radius 3 is 2.54 bits per heavy atom. The van der Waals surface area contributed by atoms with E-state index in [1.807, 2.05) is 0 Å². The van der Waals surface area contributed by atoms with Gasteiger partial charge in [0, 0.05) is 25.8 Å². The molecule has 0 aliphatic carbocycles. The van der Waals surface area contributed by atoms with Gasteiger partial charge in [0.05, 0.1) is 0 Å². The molecule has 1 rings (SSSR count). The van der Waals surface area contributed by atoms with Gasteiger partial charge in [-0.05, 0) is 0 Å².